The summed E-state index contributed by atoms with van der Waals surface area (Å²) < 4.78 is 6.05. The lowest BCUT2D eigenvalue weighted by molar-refractivity contribution is 0.301. The van der Waals surface area contributed by atoms with Crippen LogP contribution >= 0.6 is 11.8 Å². The Morgan fingerprint density at radius 2 is 1.86 bits per heavy atom. The molecule has 35 heavy (non-hydrogen) atoms. The lowest BCUT2D eigenvalue weighted by Crippen LogP contribution is -1.99. The number of H-pyrrole nitrogens is 1. The summed E-state index contributed by atoms with van der Waals surface area (Å²) in [5.41, 5.74) is 4.48. The monoisotopic (exact) mass is 481 g/mol. The summed E-state index contributed by atoms with van der Waals surface area (Å²) in [5, 5.41) is 15.4. The fourth-order valence-corrected chi connectivity index (χ4v) is 4.86. The van der Waals surface area contributed by atoms with E-state index in [4.69, 9.17) is 9.72 Å². The zero-order valence-electron chi connectivity index (χ0n) is 19.6. The first kappa shape index (κ1) is 23.1. The Bertz CT molecular complexity index is 1390. The number of rotatable bonds is 10. The molecule has 5 aromatic rings. The molecule has 1 atom stereocenters. The summed E-state index contributed by atoms with van der Waals surface area (Å²) in [6.07, 6.45) is 1.80. The van der Waals surface area contributed by atoms with Gasteiger partial charge in [-0.15, -0.1) is 22.0 Å². The van der Waals surface area contributed by atoms with E-state index in [-0.39, 0.29) is 0 Å². The number of nitrogens with one attached hydrogen (secondary N) is 1. The van der Waals surface area contributed by atoms with Gasteiger partial charge >= 0.3 is 0 Å². The van der Waals surface area contributed by atoms with Gasteiger partial charge in [0.15, 0.2) is 5.82 Å². The van der Waals surface area contributed by atoms with Crippen molar-refractivity contribution in [2.45, 2.75) is 42.9 Å². The molecule has 0 aliphatic rings. The normalized spacial score (nSPS) is 12.0. The molecule has 0 amide bonds. The molecule has 5 rings (SSSR count). The van der Waals surface area contributed by atoms with E-state index in [0.717, 1.165) is 46.8 Å². The van der Waals surface area contributed by atoms with Crippen molar-refractivity contribution in [3.05, 3.63) is 108 Å². The largest absolute Gasteiger partial charge is 0.487 e. The molecule has 0 aliphatic heterocycles. The van der Waals surface area contributed by atoms with Crippen LogP contribution in [0.15, 0.2) is 89.8 Å². The third-order valence-corrected chi connectivity index (χ3v) is 7.03. The highest BCUT2D eigenvalue weighted by molar-refractivity contribution is 7.98. The molecule has 1 N–H and O–H groups in total. The molecular weight excluding hydrogens is 454 g/mol. The Balaban J connectivity index is 1.16. The maximum Gasteiger partial charge on any atom is 0.174 e. The van der Waals surface area contributed by atoms with Gasteiger partial charge in [0.1, 0.15) is 12.4 Å². The molecule has 2 aromatic heterocycles. The average Bonchev–Trinajstić information content (AvgIpc) is 3.43. The van der Waals surface area contributed by atoms with Gasteiger partial charge in [0.25, 0.3) is 0 Å². The maximum absolute atomic E-state index is 6.05. The summed E-state index contributed by atoms with van der Waals surface area (Å²) >= 11 is 1.84. The number of hydrogen-bond donors (Lipinski definition) is 1. The van der Waals surface area contributed by atoms with Gasteiger partial charge in [-0.1, -0.05) is 60.7 Å². The van der Waals surface area contributed by atoms with Gasteiger partial charge < -0.3 is 4.74 Å². The molecule has 0 fully saturated rings. The summed E-state index contributed by atoms with van der Waals surface area (Å²) in [7, 11) is 0. The van der Waals surface area contributed by atoms with Crippen molar-refractivity contribution in [3.8, 4) is 5.75 Å². The Labute approximate surface area is 209 Å². The lowest BCUT2D eigenvalue weighted by Gasteiger charge is -2.12. The second-order valence-electron chi connectivity index (χ2n) is 8.56. The smallest absolute Gasteiger partial charge is 0.174 e. The third-order valence-electron chi connectivity index (χ3n) is 5.96. The second kappa shape index (κ2) is 11.1. The molecule has 0 saturated heterocycles. The number of pyridine rings is 1. The summed E-state index contributed by atoms with van der Waals surface area (Å²) in [4.78, 5) is 5.96. The SMILES string of the molecule is CC(CCc1nn[nH]n1)c1cccc(SCc2cccc(OCc3ccc4ccccc4n3)c2)c1. The van der Waals surface area contributed by atoms with E-state index < -0.39 is 0 Å². The van der Waals surface area contributed by atoms with Crippen LogP contribution in [0.5, 0.6) is 5.75 Å². The minimum Gasteiger partial charge on any atom is -0.487 e. The van der Waals surface area contributed by atoms with Gasteiger partial charge in [-0.3, -0.25) is 0 Å². The van der Waals surface area contributed by atoms with Gasteiger partial charge in [0.2, 0.25) is 0 Å². The standard InChI is InChI=1S/C28H27N5OS/c1-20(12-15-28-30-32-33-31-28)23-8-5-10-26(17-23)35-19-21-6-4-9-25(16-21)34-18-24-14-13-22-7-2-3-11-27(22)29-24/h2-11,13-14,16-17,20H,12,15,18-19H2,1H3,(H,30,31,32,33). The van der Waals surface area contributed by atoms with E-state index in [1.807, 2.05) is 42.1 Å². The number of para-hydroxylation sites is 1. The number of ether oxygens (including phenoxy) is 1. The second-order valence-corrected chi connectivity index (χ2v) is 9.61. The number of aromatic amines is 1. The quantitative estimate of drug-likeness (QED) is 0.234. The first-order valence-electron chi connectivity index (χ1n) is 11.7. The molecule has 0 bridgehead atoms. The Kier molecular flexibility index (Phi) is 7.34. The Hall–Kier alpha value is -3.71. The summed E-state index contributed by atoms with van der Waals surface area (Å²) in [6.45, 7) is 2.69. The molecule has 176 valence electrons. The van der Waals surface area contributed by atoms with E-state index in [1.54, 1.807) is 0 Å². The number of aromatic nitrogens is 5. The first-order valence-corrected chi connectivity index (χ1v) is 12.7. The van der Waals surface area contributed by atoms with Crippen molar-refractivity contribution in [3.63, 3.8) is 0 Å². The fourth-order valence-electron chi connectivity index (χ4n) is 3.95. The molecule has 0 saturated carbocycles. The van der Waals surface area contributed by atoms with Crippen LogP contribution in [0.1, 0.15) is 41.9 Å². The van der Waals surface area contributed by atoms with Crippen LogP contribution in [-0.4, -0.2) is 25.6 Å². The maximum atomic E-state index is 6.05. The molecule has 3 aromatic carbocycles. The molecule has 7 heteroatoms. The van der Waals surface area contributed by atoms with Crippen LogP contribution in [0.25, 0.3) is 10.9 Å². The minimum absolute atomic E-state index is 0.425. The van der Waals surface area contributed by atoms with Crippen molar-refractivity contribution in [1.29, 1.82) is 0 Å². The predicted octanol–water partition coefficient (Wildman–Crippen LogP) is 6.36. The topological polar surface area (TPSA) is 76.6 Å². The van der Waals surface area contributed by atoms with E-state index in [0.29, 0.717) is 12.5 Å². The van der Waals surface area contributed by atoms with Crippen LogP contribution in [0.3, 0.4) is 0 Å². The van der Waals surface area contributed by atoms with Crippen molar-refractivity contribution in [1.82, 2.24) is 25.6 Å². The number of hydrogen-bond acceptors (Lipinski definition) is 6. The number of nitrogens with zero attached hydrogens (tertiary/aromatic N) is 4. The third kappa shape index (κ3) is 6.25. The van der Waals surface area contributed by atoms with Crippen molar-refractivity contribution >= 4 is 22.7 Å². The molecule has 0 radical (unpaired) electrons. The minimum atomic E-state index is 0.425. The van der Waals surface area contributed by atoms with Gasteiger partial charge in [0, 0.05) is 22.5 Å². The number of tetrazole rings is 1. The average molecular weight is 482 g/mol. The number of benzene rings is 3. The van der Waals surface area contributed by atoms with Gasteiger partial charge in [0.05, 0.1) is 11.2 Å². The van der Waals surface area contributed by atoms with E-state index in [2.05, 4.69) is 82.1 Å². The molecule has 0 spiro atoms. The molecular formula is C28H27N5OS. The number of aryl methyl sites for hydroxylation is 1. The van der Waals surface area contributed by atoms with Crippen molar-refractivity contribution in [2.75, 3.05) is 0 Å². The lowest BCUT2D eigenvalue weighted by atomic mass is 9.96. The van der Waals surface area contributed by atoms with Crippen LogP contribution in [-0.2, 0) is 18.8 Å². The zero-order chi connectivity index (χ0) is 23.9. The summed E-state index contributed by atoms with van der Waals surface area (Å²) in [6, 6.07) is 29.4. The molecule has 2 heterocycles. The highest BCUT2D eigenvalue weighted by Crippen LogP contribution is 2.29. The highest BCUT2D eigenvalue weighted by Gasteiger charge is 2.09. The van der Waals surface area contributed by atoms with E-state index in [1.165, 1.54) is 16.0 Å². The Morgan fingerprint density at radius 1 is 0.943 bits per heavy atom. The van der Waals surface area contributed by atoms with Crippen LogP contribution in [0.4, 0.5) is 0 Å². The summed E-state index contributed by atoms with van der Waals surface area (Å²) in [5.74, 6) is 2.93. The van der Waals surface area contributed by atoms with Crippen LogP contribution in [0, 0.1) is 0 Å². The molecule has 6 nitrogen and oxygen atoms in total. The van der Waals surface area contributed by atoms with E-state index >= 15 is 0 Å². The van der Waals surface area contributed by atoms with Gasteiger partial charge in [-0.2, -0.15) is 5.21 Å². The first-order chi connectivity index (χ1) is 17.2. The van der Waals surface area contributed by atoms with Crippen LogP contribution < -0.4 is 4.74 Å². The van der Waals surface area contributed by atoms with E-state index in [9.17, 15) is 0 Å². The number of fused-ring (bicyclic) bond motifs is 1. The van der Waals surface area contributed by atoms with Crippen LogP contribution in [0.2, 0.25) is 0 Å². The molecule has 1 unspecified atom stereocenters. The predicted molar refractivity (Wildman–Crippen MR) is 139 cm³/mol. The highest BCUT2D eigenvalue weighted by atomic mass is 32.2. The van der Waals surface area contributed by atoms with Gasteiger partial charge in [-0.25, -0.2) is 4.98 Å². The fraction of sp³-hybridized carbons (Fsp3) is 0.214. The van der Waals surface area contributed by atoms with Crippen molar-refractivity contribution in [2.24, 2.45) is 0 Å². The van der Waals surface area contributed by atoms with Crippen molar-refractivity contribution < 1.29 is 4.74 Å². The molecule has 0 aliphatic carbocycles. The number of thioether (sulfide) groups is 1. The van der Waals surface area contributed by atoms with Gasteiger partial charge in [-0.05, 0) is 59.9 Å². The Morgan fingerprint density at radius 3 is 2.77 bits per heavy atom. The zero-order valence-corrected chi connectivity index (χ0v) is 20.4.